The summed E-state index contributed by atoms with van der Waals surface area (Å²) in [5, 5.41) is 0. The van der Waals surface area contributed by atoms with Crippen LogP contribution in [-0.2, 0) is 0 Å². The van der Waals surface area contributed by atoms with Gasteiger partial charge in [-0.25, -0.2) is 8.78 Å². The first-order valence-corrected chi connectivity index (χ1v) is 4.51. The lowest BCUT2D eigenvalue weighted by molar-refractivity contribution is 0.151. The average molecular weight is 213 g/mol. The average Bonchev–Trinajstić information content (AvgIpc) is 2.25. The van der Waals surface area contributed by atoms with Crippen LogP contribution in [0.25, 0.3) is 6.08 Å². The van der Waals surface area contributed by atoms with Crippen molar-refractivity contribution < 1.29 is 13.5 Å². The van der Waals surface area contributed by atoms with E-state index < -0.39 is 6.43 Å². The second-order valence-electron chi connectivity index (χ2n) is 2.93. The Labute approximate surface area is 87.4 Å². The third-order valence-electron chi connectivity index (χ3n) is 1.96. The van der Waals surface area contributed by atoms with Gasteiger partial charge in [-0.15, -0.1) is 0 Å². The fourth-order valence-electron chi connectivity index (χ4n) is 1.22. The fourth-order valence-corrected chi connectivity index (χ4v) is 1.22. The number of methoxy groups -OCH3 is 1. The summed E-state index contributed by atoms with van der Waals surface area (Å²) in [6.07, 6.45) is 0.707. The van der Waals surface area contributed by atoms with E-state index in [9.17, 15) is 8.78 Å². The quantitative estimate of drug-likeness (QED) is 0.834. The molecule has 2 N–H and O–H groups in total. The van der Waals surface area contributed by atoms with Crippen LogP contribution in [0, 0.1) is 0 Å². The molecule has 0 unspecified atom stereocenters. The van der Waals surface area contributed by atoms with Crippen molar-refractivity contribution in [1.82, 2.24) is 0 Å². The Morgan fingerprint density at radius 1 is 1.47 bits per heavy atom. The van der Waals surface area contributed by atoms with E-state index in [-0.39, 0.29) is 5.56 Å². The Bertz CT molecular complexity index is 350. The minimum atomic E-state index is -2.49. The highest BCUT2D eigenvalue weighted by Gasteiger charge is 2.11. The number of hydrogen-bond donors (Lipinski definition) is 1. The topological polar surface area (TPSA) is 35.2 Å². The van der Waals surface area contributed by atoms with Crippen LogP contribution in [0.3, 0.4) is 0 Å². The molecular weight excluding hydrogens is 200 g/mol. The van der Waals surface area contributed by atoms with Crippen molar-refractivity contribution >= 4 is 6.08 Å². The molecule has 0 aliphatic heterocycles. The second kappa shape index (κ2) is 5.46. The van der Waals surface area contributed by atoms with Gasteiger partial charge in [0.2, 0.25) is 0 Å². The van der Waals surface area contributed by atoms with E-state index in [2.05, 4.69) is 0 Å². The third kappa shape index (κ3) is 3.02. The molecule has 1 aromatic rings. The van der Waals surface area contributed by atoms with Crippen molar-refractivity contribution in [3.8, 4) is 5.75 Å². The second-order valence-corrected chi connectivity index (χ2v) is 2.93. The van der Waals surface area contributed by atoms with E-state index in [0.29, 0.717) is 17.9 Å². The van der Waals surface area contributed by atoms with Crippen molar-refractivity contribution in [3.63, 3.8) is 0 Å². The minimum Gasteiger partial charge on any atom is -0.497 e. The molecule has 0 bridgehead atoms. The molecule has 0 saturated carbocycles. The van der Waals surface area contributed by atoms with Gasteiger partial charge in [-0.05, 0) is 23.8 Å². The van der Waals surface area contributed by atoms with Gasteiger partial charge in [0.05, 0.1) is 7.11 Å². The summed E-state index contributed by atoms with van der Waals surface area (Å²) in [5.41, 5.74) is 5.69. The summed E-state index contributed by atoms with van der Waals surface area (Å²) in [6.45, 7) is 0.319. The summed E-state index contributed by atoms with van der Waals surface area (Å²) in [4.78, 5) is 0. The molecule has 0 heterocycles. The van der Waals surface area contributed by atoms with Gasteiger partial charge in [0.15, 0.2) is 0 Å². The predicted octanol–water partition coefficient (Wildman–Crippen LogP) is 2.60. The van der Waals surface area contributed by atoms with E-state index in [1.165, 1.54) is 19.2 Å². The zero-order valence-corrected chi connectivity index (χ0v) is 8.41. The summed E-state index contributed by atoms with van der Waals surface area (Å²) >= 11 is 0. The smallest absolute Gasteiger partial charge is 0.264 e. The Balaban J connectivity index is 3.10. The molecule has 0 saturated heterocycles. The lowest BCUT2D eigenvalue weighted by atomic mass is 10.1. The van der Waals surface area contributed by atoms with Crippen molar-refractivity contribution in [1.29, 1.82) is 0 Å². The molecule has 1 aromatic carbocycles. The minimum absolute atomic E-state index is 0.0134. The normalized spacial score (nSPS) is 11.3. The SMILES string of the molecule is COc1ccc(C(F)F)c(/C=C/CN)c1. The van der Waals surface area contributed by atoms with Crippen LogP contribution in [0.5, 0.6) is 5.75 Å². The van der Waals surface area contributed by atoms with Gasteiger partial charge >= 0.3 is 0 Å². The van der Waals surface area contributed by atoms with Gasteiger partial charge in [0.1, 0.15) is 5.75 Å². The maximum atomic E-state index is 12.6. The monoisotopic (exact) mass is 213 g/mol. The molecule has 0 aromatic heterocycles. The van der Waals surface area contributed by atoms with Crippen molar-refractivity contribution in [2.75, 3.05) is 13.7 Å². The van der Waals surface area contributed by atoms with Gasteiger partial charge in [-0.3, -0.25) is 0 Å². The lowest BCUT2D eigenvalue weighted by Gasteiger charge is -2.07. The van der Waals surface area contributed by atoms with Gasteiger partial charge < -0.3 is 10.5 Å². The number of halogens is 2. The van der Waals surface area contributed by atoms with Crippen LogP contribution in [0.2, 0.25) is 0 Å². The zero-order valence-electron chi connectivity index (χ0n) is 8.41. The third-order valence-corrected chi connectivity index (χ3v) is 1.96. The molecule has 0 aliphatic carbocycles. The van der Waals surface area contributed by atoms with Gasteiger partial charge in [-0.1, -0.05) is 12.2 Å². The van der Waals surface area contributed by atoms with Crippen LogP contribution < -0.4 is 10.5 Å². The fraction of sp³-hybridized carbons (Fsp3) is 0.273. The van der Waals surface area contributed by atoms with Crippen LogP contribution in [0.1, 0.15) is 17.6 Å². The number of ether oxygens (including phenoxy) is 1. The molecule has 4 heteroatoms. The maximum Gasteiger partial charge on any atom is 0.264 e. The Morgan fingerprint density at radius 3 is 2.73 bits per heavy atom. The molecule has 82 valence electrons. The largest absolute Gasteiger partial charge is 0.497 e. The van der Waals surface area contributed by atoms with Crippen molar-refractivity contribution in [2.45, 2.75) is 6.43 Å². The van der Waals surface area contributed by atoms with E-state index >= 15 is 0 Å². The summed E-state index contributed by atoms with van der Waals surface area (Å²) in [7, 11) is 1.49. The molecule has 0 atom stereocenters. The predicted molar refractivity (Wildman–Crippen MR) is 56.0 cm³/mol. The molecule has 0 amide bonds. The maximum absolute atomic E-state index is 12.6. The highest BCUT2D eigenvalue weighted by Crippen LogP contribution is 2.27. The lowest BCUT2D eigenvalue weighted by Crippen LogP contribution is -1.94. The first-order valence-electron chi connectivity index (χ1n) is 4.51. The van der Waals surface area contributed by atoms with E-state index in [1.807, 2.05) is 0 Å². The first-order chi connectivity index (χ1) is 7.19. The summed E-state index contributed by atoms with van der Waals surface area (Å²) in [5.74, 6) is 0.552. The molecule has 0 fully saturated rings. The standard InChI is InChI=1S/C11H13F2NO/c1-15-9-4-5-10(11(12)13)8(7-9)3-2-6-14/h2-5,7,11H,6,14H2,1H3/b3-2+. The number of hydrogen-bond acceptors (Lipinski definition) is 2. The number of rotatable bonds is 4. The number of benzene rings is 1. The van der Waals surface area contributed by atoms with Gasteiger partial charge in [0, 0.05) is 12.1 Å². The molecular formula is C11H13F2NO. The molecule has 15 heavy (non-hydrogen) atoms. The summed E-state index contributed by atoms with van der Waals surface area (Å²) in [6, 6.07) is 4.44. The molecule has 0 radical (unpaired) electrons. The van der Waals surface area contributed by atoms with E-state index in [4.69, 9.17) is 10.5 Å². The van der Waals surface area contributed by atoms with E-state index in [1.54, 1.807) is 18.2 Å². The zero-order chi connectivity index (χ0) is 11.3. The molecule has 2 nitrogen and oxygen atoms in total. The molecule has 1 rings (SSSR count). The number of nitrogens with two attached hydrogens (primary N) is 1. The van der Waals surface area contributed by atoms with Crippen molar-refractivity contribution in [2.24, 2.45) is 5.73 Å². The Kier molecular flexibility index (Phi) is 4.24. The van der Waals surface area contributed by atoms with Crippen molar-refractivity contribution in [3.05, 3.63) is 35.4 Å². The highest BCUT2D eigenvalue weighted by atomic mass is 19.3. The van der Waals surface area contributed by atoms with Gasteiger partial charge in [-0.2, -0.15) is 0 Å². The van der Waals surface area contributed by atoms with Gasteiger partial charge in [0.25, 0.3) is 6.43 Å². The number of alkyl halides is 2. The summed E-state index contributed by atoms with van der Waals surface area (Å²) < 4.78 is 30.1. The van der Waals surface area contributed by atoms with Crippen LogP contribution in [0.15, 0.2) is 24.3 Å². The first kappa shape index (κ1) is 11.7. The van der Waals surface area contributed by atoms with E-state index in [0.717, 1.165) is 0 Å². The molecule has 0 spiro atoms. The van der Waals surface area contributed by atoms with Crippen LogP contribution >= 0.6 is 0 Å². The van der Waals surface area contributed by atoms with Crippen LogP contribution in [-0.4, -0.2) is 13.7 Å². The van der Waals surface area contributed by atoms with Crippen LogP contribution in [0.4, 0.5) is 8.78 Å². The molecule has 0 aliphatic rings. The Hall–Kier alpha value is -1.42. The Morgan fingerprint density at radius 2 is 2.20 bits per heavy atom. The highest BCUT2D eigenvalue weighted by molar-refractivity contribution is 5.56.